The molecule has 1 aliphatic carbocycles. The largest absolute Gasteiger partial charge is 0.497 e. The molecule has 1 unspecified atom stereocenters. The third-order valence-corrected chi connectivity index (χ3v) is 5.27. The molecule has 24 heavy (non-hydrogen) atoms. The molecule has 1 aliphatic heterocycles. The van der Waals surface area contributed by atoms with E-state index in [1.54, 1.807) is 12.7 Å². The fraction of sp³-hybridized carbons (Fsp3) is 0.429. The lowest BCUT2D eigenvalue weighted by Crippen LogP contribution is -2.45. The van der Waals surface area contributed by atoms with Crippen LogP contribution in [-0.2, 0) is 6.54 Å². The van der Waals surface area contributed by atoms with E-state index in [1.807, 2.05) is 0 Å². The molecular weight excluding hydrogens is 296 g/mol. The molecule has 1 N–H and O–H groups in total. The molecule has 1 saturated heterocycles. The summed E-state index contributed by atoms with van der Waals surface area (Å²) in [6.45, 7) is 4.20. The summed E-state index contributed by atoms with van der Waals surface area (Å²) in [6.07, 6.45) is 2.71. The second kappa shape index (κ2) is 6.96. The summed E-state index contributed by atoms with van der Waals surface area (Å²) in [4.78, 5) is 2.62. The van der Waals surface area contributed by atoms with Gasteiger partial charge in [-0.2, -0.15) is 0 Å². The average Bonchev–Trinajstić information content (AvgIpc) is 3.48. The van der Waals surface area contributed by atoms with E-state index in [9.17, 15) is 0 Å². The van der Waals surface area contributed by atoms with Crippen molar-refractivity contribution < 1.29 is 4.74 Å². The molecule has 1 heterocycles. The fourth-order valence-electron chi connectivity index (χ4n) is 3.79. The number of hydrogen-bond acceptors (Lipinski definition) is 3. The van der Waals surface area contributed by atoms with Gasteiger partial charge in [0.15, 0.2) is 0 Å². The summed E-state index contributed by atoms with van der Waals surface area (Å²) in [5.41, 5.74) is 4.46. The number of ether oxygens (including phenoxy) is 1. The van der Waals surface area contributed by atoms with Crippen LogP contribution in [0.5, 0.6) is 5.75 Å². The maximum atomic E-state index is 5.28. The predicted molar refractivity (Wildman–Crippen MR) is 97.4 cm³/mol. The SMILES string of the molecule is COc1ccc(CN2CCNCC2c2ccccc2C2CC2)cc1. The number of methoxy groups -OCH3 is 1. The van der Waals surface area contributed by atoms with Crippen LogP contribution in [0, 0.1) is 0 Å². The molecule has 0 radical (unpaired) electrons. The zero-order chi connectivity index (χ0) is 16.4. The maximum Gasteiger partial charge on any atom is 0.118 e. The van der Waals surface area contributed by atoms with Crippen molar-refractivity contribution in [3.63, 3.8) is 0 Å². The van der Waals surface area contributed by atoms with Crippen molar-refractivity contribution in [1.29, 1.82) is 0 Å². The Morgan fingerprint density at radius 3 is 2.50 bits per heavy atom. The summed E-state index contributed by atoms with van der Waals surface area (Å²) in [5.74, 6) is 1.72. The van der Waals surface area contributed by atoms with E-state index in [0.717, 1.165) is 37.8 Å². The van der Waals surface area contributed by atoms with Gasteiger partial charge in [-0.25, -0.2) is 0 Å². The molecule has 3 heteroatoms. The van der Waals surface area contributed by atoms with Gasteiger partial charge >= 0.3 is 0 Å². The first kappa shape index (κ1) is 15.7. The molecule has 2 aliphatic rings. The fourth-order valence-corrected chi connectivity index (χ4v) is 3.79. The minimum absolute atomic E-state index is 0.470. The molecule has 126 valence electrons. The minimum atomic E-state index is 0.470. The van der Waals surface area contributed by atoms with Gasteiger partial charge < -0.3 is 10.1 Å². The monoisotopic (exact) mass is 322 g/mol. The van der Waals surface area contributed by atoms with Gasteiger partial charge in [-0.15, -0.1) is 0 Å². The van der Waals surface area contributed by atoms with Crippen molar-refractivity contribution in [2.24, 2.45) is 0 Å². The Labute approximate surface area is 144 Å². The van der Waals surface area contributed by atoms with Gasteiger partial charge in [-0.05, 0) is 47.6 Å². The van der Waals surface area contributed by atoms with Crippen molar-refractivity contribution in [2.75, 3.05) is 26.7 Å². The lowest BCUT2D eigenvalue weighted by molar-refractivity contribution is 0.153. The maximum absolute atomic E-state index is 5.28. The molecule has 0 spiro atoms. The second-order valence-electron chi connectivity index (χ2n) is 6.94. The van der Waals surface area contributed by atoms with Crippen molar-refractivity contribution in [2.45, 2.75) is 31.3 Å². The van der Waals surface area contributed by atoms with Crippen LogP contribution in [-0.4, -0.2) is 31.6 Å². The second-order valence-corrected chi connectivity index (χ2v) is 6.94. The first-order chi connectivity index (χ1) is 11.8. The number of rotatable bonds is 5. The van der Waals surface area contributed by atoms with Crippen LogP contribution in [0.25, 0.3) is 0 Å². The molecule has 2 aromatic carbocycles. The van der Waals surface area contributed by atoms with E-state index < -0.39 is 0 Å². The van der Waals surface area contributed by atoms with Crippen LogP contribution < -0.4 is 10.1 Å². The lowest BCUT2D eigenvalue weighted by Gasteiger charge is -2.37. The van der Waals surface area contributed by atoms with Crippen LogP contribution in [0.4, 0.5) is 0 Å². The van der Waals surface area contributed by atoms with Gasteiger partial charge in [0.25, 0.3) is 0 Å². The van der Waals surface area contributed by atoms with Crippen LogP contribution in [0.3, 0.4) is 0 Å². The molecule has 4 rings (SSSR count). The van der Waals surface area contributed by atoms with Gasteiger partial charge in [-0.1, -0.05) is 36.4 Å². The number of hydrogen-bond donors (Lipinski definition) is 1. The molecule has 0 bridgehead atoms. The first-order valence-corrected chi connectivity index (χ1v) is 9.01. The highest BCUT2D eigenvalue weighted by atomic mass is 16.5. The van der Waals surface area contributed by atoms with Gasteiger partial charge in [0.1, 0.15) is 5.75 Å². The molecule has 1 saturated carbocycles. The average molecular weight is 322 g/mol. The number of nitrogens with one attached hydrogen (secondary N) is 1. The van der Waals surface area contributed by atoms with E-state index in [1.165, 1.54) is 24.0 Å². The van der Waals surface area contributed by atoms with Crippen LogP contribution in [0.2, 0.25) is 0 Å². The van der Waals surface area contributed by atoms with Crippen molar-refractivity contribution in [1.82, 2.24) is 10.2 Å². The van der Waals surface area contributed by atoms with Crippen molar-refractivity contribution in [3.8, 4) is 5.75 Å². The quantitative estimate of drug-likeness (QED) is 0.908. The van der Waals surface area contributed by atoms with Crippen LogP contribution in [0.1, 0.15) is 41.5 Å². The predicted octanol–water partition coefficient (Wildman–Crippen LogP) is 3.72. The summed E-state index contributed by atoms with van der Waals surface area (Å²) in [6, 6.07) is 18.0. The molecule has 2 fully saturated rings. The van der Waals surface area contributed by atoms with Gasteiger partial charge in [0, 0.05) is 32.2 Å². The van der Waals surface area contributed by atoms with Gasteiger partial charge in [-0.3, -0.25) is 4.90 Å². The van der Waals surface area contributed by atoms with Crippen molar-refractivity contribution in [3.05, 3.63) is 65.2 Å². The lowest BCUT2D eigenvalue weighted by atomic mass is 9.94. The van der Waals surface area contributed by atoms with Crippen LogP contribution >= 0.6 is 0 Å². The third kappa shape index (κ3) is 3.33. The standard InChI is InChI=1S/C21H26N2O/c1-24-18-10-6-16(7-11-18)15-23-13-12-22-14-21(23)20-5-3-2-4-19(20)17-8-9-17/h2-7,10-11,17,21-22H,8-9,12-15H2,1H3. The molecule has 2 aromatic rings. The number of benzene rings is 2. The molecular formula is C21H26N2O. The Morgan fingerprint density at radius 2 is 1.79 bits per heavy atom. The Hall–Kier alpha value is -1.84. The Balaban J connectivity index is 1.56. The summed E-state index contributed by atoms with van der Waals surface area (Å²) in [5, 5.41) is 3.59. The zero-order valence-electron chi connectivity index (χ0n) is 14.4. The Bertz CT molecular complexity index is 678. The summed E-state index contributed by atoms with van der Waals surface area (Å²) >= 11 is 0. The van der Waals surface area contributed by atoms with Gasteiger partial charge in [0.05, 0.1) is 7.11 Å². The smallest absolute Gasteiger partial charge is 0.118 e. The van der Waals surface area contributed by atoms with Crippen molar-refractivity contribution >= 4 is 0 Å². The summed E-state index contributed by atoms with van der Waals surface area (Å²) in [7, 11) is 1.72. The molecule has 1 atom stereocenters. The van der Waals surface area contributed by atoms with Gasteiger partial charge in [0.2, 0.25) is 0 Å². The van der Waals surface area contributed by atoms with E-state index in [0.29, 0.717) is 6.04 Å². The molecule has 3 nitrogen and oxygen atoms in total. The third-order valence-electron chi connectivity index (χ3n) is 5.27. The first-order valence-electron chi connectivity index (χ1n) is 9.01. The Kier molecular flexibility index (Phi) is 4.54. The Morgan fingerprint density at radius 1 is 1.04 bits per heavy atom. The minimum Gasteiger partial charge on any atom is -0.497 e. The van der Waals surface area contributed by atoms with E-state index in [2.05, 4.69) is 58.7 Å². The zero-order valence-corrected chi connectivity index (χ0v) is 14.4. The number of nitrogens with zero attached hydrogens (tertiary/aromatic N) is 1. The number of piperazine rings is 1. The summed E-state index contributed by atoms with van der Waals surface area (Å²) < 4.78 is 5.28. The van der Waals surface area contributed by atoms with E-state index in [-0.39, 0.29) is 0 Å². The van der Waals surface area contributed by atoms with E-state index >= 15 is 0 Å². The highest BCUT2D eigenvalue weighted by Gasteiger charge is 2.31. The highest BCUT2D eigenvalue weighted by Crippen LogP contribution is 2.44. The normalized spacial score (nSPS) is 21.6. The highest BCUT2D eigenvalue weighted by molar-refractivity contribution is 5.36. The molecule has 0 amide bonds. The van der Waals surface area contributed by atoms with E-state index in [4.69, 9.17) is 4.74 Å². The topological polar surface area (TPSA) is 24.5 Å². The molecule has 0 aromatic heterocycles. The van der Waals surface area contributed by atoms with Crippen LogP contribution in [0.15, 0.2) is 48.5 Å².